The van der Waals surface area contributed by atoms with E-state index in [0.717, 1.165) is 0 Å². The Labute approximate surface area is 83.6 Å². The van der Waals surface area contributed by atoms with E-state index in [4.69, 9.17) is 4.74 Å². The summed E-state index contributed by atoms with van der Waals surface area (Å²) < 4.78 is 4.80. The zero-order chi connectivity index (χ0) is 11.0. The molecule has 0 aliphatic rings. The lowest BCUT2D eigenvalue weighted by atomic mass is 10.2. The van der Waals surface area contributed by atoms with Crippen LogP contribution in [-0.2, 0) is 19.1 Å². The van der Waals surface area contributed by atoms with Gasteiger partial charge >= 0.3 is 5.97 Å². The normalized spacial score (nSPS) is 9.57. The van der Waals surface area contributed by atoms with Crippen LogP contribution in [0.15, 0.2) is 0 Å². The molecule has 0 aromatic carbocycles. The van der Waals surface area contributed by atoms with Crippen LogP contribution in [0.2, 0.25) is 0 Å². The zero-order valence-electron chi connectivity index (χ0n) is 8.67. The predicted molar refractivity (Wildman–Crippen MR) is 50.8 cm³/mol. The second-order valence-electron chi connectivity index (χ2n) is 3.23. The lowest BCUT2D eigenvalue weighted by Gasteiger charge is -2.02. The van der Waals surface area contributed by atoms with Gasteiger partial charge in [-0.15, -0.1) is 0 Å². The van der Waals surface area contributed by atoms with Gasteiger partial charge in [-0.2, -0.15) is 0 Å². The molecule has 0 aliphatic heterocycles. The molecule has 80 valence electrons. The number of esters is 1. The lowest BCUT2D eigenvalue weighted by Crippen LogP contribution is -2.08. The van der Waals surface area contributed by atoms with Crippen molar-refractivity contribution in [3.8, 4) is 0 Å². The number of hydrogen-bond donors (Lipinski definition) is 0. The van der Waals surface area contributed by atoms with Crippen molar-refractivity contribution < 1.29 is 19.1 Å². The molecule has 0 radical (unpaired) electrons. The summed E-state index contributed by atoms with van der Waals surface area (Å²) in [5.74, 6) is -0.306. The number of ether oxygens (including phenoxy) is 1. The van der Waals surface area contributed by atoms with Gasteiger partial charge < -0.3 is 14.3 Å². The van der Waals surface area contributed by atoms with Crippen LogP contribution in [0.25, 0.3) is 0 Å². The molecule has 0 aromatic rings. The van der Waals surface area contributed by atoms with Gasteiger partial charge in [0.15, 0.2) is 0 Å². The Morgan fingerprint density at radius 3 is 2.00 bits per heavy atom. The molecule has 0 bridgehead atoms. The molecule has 0 fully saturated rings. The molecular weight excluding hydrogens is 184 g/mol. The molecule has 0 atom stereocenters. The van der Waals surface area contributed by atoms with Gasteiger partial charge in [0.05, 0.1) is 13.0 Å². The molecule has 0 N–H and O–H groups in total. The van der Waals surface area contributed by atoms with Gasteiger partial charge in [-0.1, -0.05) is 0 Å². The molecule has 4 nitrogen and oxygen atoms in total. The summed E-state index contributed by atoms with van der Waals surface area (Å²) in [5.41, 5.74) is 0. The highest BCUT2D eigenvalue weighted by Gasteiger charge is 2.04. The minimum absolute atomic E-state index is 0.0225. The number of hydrogen-bond acceptors (Lipinski definition) is 4. The Kier molecular flexibility index (Phi) is 6.62. The summed E-state index contributed by atoms with van der Waals surface area (Å²) in [7, 11) is 0. The van der Waals surface area contributed by atoms with Crippen LogP contribution >= 0.6 is 0 Å². The largest absolute Gasteiger partial charge is 0.466 e. The fourth-order valence-electron chi connectivity index (χ4n) is 0.857. The van der Waals surface area contributed by atoms with Gasteiger partial charge in [-0.3, -0.25) is 4.79 Å². The van der Waals surface area contributed by atoms with Crippen molar-refractivity contribution in [2.24, 2.45) is 0 Å². The van der Waals surface area contributed by atoms with Gasteiger partial charge in [0, 0.05) is 12.8 Å². The van der Waals surface area contributed by atoms with Crippen LogP contribution in [-0.4, -0.2) is 24.1 Å². The maximum absolute atomic E-state index is 10.9. The number of carbonyl (C=O) groups excluding carboxylic acids is 3. The highest BCUT2D eigenvalue weighted by molar-refractivity contribution is 5.81. The third kappa shape index (κ3) is 8.90. The van der Waals surface area contributed by atoms with Crippen LogP contribution in [0.3, 0.4) is 0 Å². The molecule has 0 aliphatic carbocycles. The van der Waals surface area contributed by atoms with Crippen molar-refractivity contribution in [1.82, 2.24) is 0 Å². The molecule has 0 spiro atoms. The third-order valence-electron chi connectivity index (χ3n) is 1.62. The second kappa shape index (κ2) is 7.24. The Balaban J connectivity index is 3.36. The Bertz CT molecular complexity index is 220. The molecule has 0 rings (SSSR count). The molecule has 0 heterocycles. The predicted octanol–water partition coefficient (Wildman–Crippen LogP) is 1.27. The first-order chi connectivity index (χ1) is 6.52. The van der Waals surface area contributed by atoms with Crippen LogP contribution in [0.1, 0.15) is 39.5 Å². The van der Waals surface area contributed by atoms with Crippen LogP contribution in [0, 0.1) is 0 Å². The van der Waals surface area contributed by atoms with Crippen molar-refractivity contribution in [3.05, 3.63) is 0 Å². The van der Waals surface area contributed by atoms with Gasteiger partial charge in [-0.05, 0) is 20.3 Å². The molecule has 0 saturated heterocycles. The first kappa shape index (κ1) is 12.8. The quantitative estimate of drug-likeness (QED) is 0.458. The first-order valence-corrected chi connectivity index (χ1v) is 4.67. The van der Waals surface area contributed by atoms with E-state index in [-0.39, 0.29) is 37.0 Å². The molecule has 0 amide bonds. The fourth-order valence-corrected chi connectivity index (χ4v) is 0.857. The maximum Gasteiger partial charge on any atom is 0.306 e. The summed E-state index contributed by atoms with van der Waals surface area (Å²) in [6.07, 6.45) is 1.35. The minimum atomic E-state index is -0.372. The van der Waals surface area contributed by atoms with Gasteiger partial charge in [-0.25, -0.2) is 0 Å². The third-order valence-corrected chi connectivity index (χ3v) is 1.62. The van der Waals surface area contributed by atoms with Crippen molar-refractivity contribution in [3.63, 3.8) is 0 Å². The number of carbonyl (C=O) groups is 3. The van der Waals surface area contributed by atoms with E-state index in [1.807, 2.05) is 0 Å². The molecular formula is C10H16O4. The van der Waals surface area contributed by atoms with Gasteiger partial charge in [0.25, 0.3) is 0 Å². The fraction of sp³-hybridized carbons (Fsp3) is 0.700. The number of ketones is 2. The van der Waals surface area contributed by atoms with Crippen molar-refractivity contribution in [2.45, 2.75) is 39.5 Å². The van der Waals surface area contributed by atoms with E-state index in [0.29, 0.717) is 12.8 Å². The van der Waals surface area contributed by atoms with E-state index in [2.05, 4.69) is 0 Å². The topological polar surface area (TPSA) is 60.4 Å². The minimum Gasteiger partial charge on any atom is -0.466 e. The van der Waals surface area contributed by atoms with Crippen molar-refractivity contribution >= 4 is 17.5 Å². The SMILES string of the molecule is CC(=O)CCCOC(=O)CCC(C)=O. The van der Waals surface area contributed by atoms with Crippen LogP contribution < -0.4 is 0 Å². The van der Waals surface area contributed by atoms with Gasteiger partial charge in [0.1, 0.15) is 11.6 Å². The standard InChI is InChI=1S/C10H16O4/c1-8(11)4-3-7-14-10(13)6-5-9(2)12/h3-7H2,1-2H3. The number of Topliss-reactive ketones (excluding diaryl/α,β-unsaturated/α-hetero) is 2. The monoisotopic (exact) mass is 200 g/mol. The smallest absolute Gasteiger partial charge is 0.306 e. The molecule has 0 saturated carbocycles. The van der Waals surface area contributed by atoms with Crippen molar-refractivity contribution in [2.75, 3.05) is 6.61 Å². The summed E-state index contributed by atoms with van der Waals surface area (Å²) >= 11 is 0. The van der Waals surface area contributed by atoms with Crippen LogP contribution in [0.5, 0.6) is 0 Å². The second-order valence-corrected chi connectivity index (χ2v) is 3.23. The number of rotatable bonds is 7. The summed E-state index contributed by atoms with van der Waals surface area (Å²) in [6, 6.07) is 0. The first-order valence-electron chi connectivity index (χ1n) is 4.67. The van der Waals surface area contributed by atoms with Gasteiger partial charge in [0.2, 0.25) is 0 Å². The average Bonchev–Trinajstić information content (AvgIpc) is 2.08. The van der Waals surface area contributed by atoms with E-state index in [9.17, 15) is 14.4 Å². The zero-order valence-corrected chi connectivity index (χ0v) is 8.67. The van der Waals surface area contributed by atoms with E-state index < -0.39 is 0 Å². The van der Waals surface area contributed by atoms with E-state index in [1.54, 1.807) is 0 Å². The maximum atomic E-state index is 10.9. The molecule has 14 heavy (non-hydrogen) atoms. The van der Waals surface area contributed by atoms with E-state index >= 15 is 0 Å². The Morgan fingerprint density at radius 1 is 0.929 bits per heavy atom. The van der Waals surface area contributed by atoms with E-state index in [1.165, 1.54) is 13.8 Å². The summed E-state index contributed by atoms with van der Waals surface area (Å²) in [4.78, 5) is 32.0. The van der Waals surface area contributed by atoms with Crippen molar-refractivity contribution in [1.29, 1.82) is 0 Å². The molecule has 0 aromatic heterocycles. The highest BCUT2D eigenvalue weighted by Crippen LogP contribution is 1.97. The highest BCUT2D eigenvalue weighted by atomic mass is 16.5. The molecule has 0 unspecified atom stereocenters. The summed E-state index contributed by atoms with van der Waals surface area (Å²) in [6.45, 7) is 3.19. The Morgan fingerprint density at radius 2 is 1.50 bits per heavy atom. The lowest BCUT2D eigenvalue weighted by molar-refractivity contribution is -0.145. The average molecular weight is 200 g/mol. The summed E-state index contributed by atoms with van der Waals surface area (Å²) in [5, 5.41) is 0. The Hall–Kier alpha value is -1.19. The molecule has 4 heteroatoms. The van der Waals surface area contributed by atoms with Crippen LogP contribution in [0.4, 0.5) is 0 Å².